The molecule has 1 fully saturated rings. The Morgan fingerprint density at radius 3 is 2.47 bits per heavy atom. The number of nitrogens with two attached hydrogens (primary N) is 1. The first-order valence-corrected chi connectivity index (χ1v) is 11.7. The minimum atomic E-state index is -3.86. The lowest BCUT2D eigenvalue weighted by Gasteiger charge is -2.28. The fraction of sp³-hybridized carbons (Fsp3) is 0.261. The zero-order valence-electron chi connectivity index (χ0n) is 17.3. The first-order valence-electron chi connectivity index (χ1n) is 10.2. The molecule has 0 saturated carbocycles. The van der Waals surface area contributed by atoms with Crippen LogP contribution in [0.3, 0.4) is 0 Å². The number of hydrogen-bond donors (Lipinski definition) is 2. The standard InChI is InChI=1S/C23H24N4O2S.2ClH/c24-23(17-10-12-25-13-11-17)18-8-9-19-15-26-27(21(19)14-18)30(28,29)22-7-3-5-16-4-1-2-6-20(16)22;;/h1-9,14-15,17,23,25H,10-13,24H2;2*1H. The molecular weight excluding hydrogens is 467 g/mol. The Labute approximate surface area is 200 Å². The van der Waals surface area contributed by atoms with Gasteiger partial charge in [-0.2, -0.15) is 17.6 Å². The molecule has 2 heterocycles. The van der Waals surface area contributed by atoms with Gasteiger partial charge in [0.15, 0.2) is 0 Å². The molecule has 0 spiro atoms. The maximum absolute atomic E-state index is 13.6. The molecule has 3 aromatic carbocycles. The highest BCUT2D eigenvalue weighted by Crippen LogP contribution is 2.31. The van der Waals surface area contributed by atoms with Crippen molar-refractivity contribution in [1.82, 2.24) is 14.5 Å². The average molecular weight is 493 g/mol. The van der Waals surface area contributed by atoms with Crippen molar-refractivity contribution in [3.05, 3.63) is 72.4 Å². The lowest BCUT2D eigenvalue weighted by atomic mass is 9.86. The van der Waals surface area contributed by atoms with Crippen molar-refractivity contribution in [2.24, 2.45) is 11.7 Å². The highest BCUT2D eigenvalue weighted by atomic mass is 35.5. The Kier molecular flexibility index (Phi) is 7.47. The minimum Gasteiger partial charge on any atom is -0.324 e. The molecule has 0 bridgehead atoms. The molecule has 1 saturated heterocycles. The van der Waals surface area contributed by atoms with Gasteiger partial charge in [-0.15, -0.1) is 24.8 Å². The molecule has 1 aliphatic rings. The highest BCUT2D eigenvalue weighted by Gasteiger charge is 2.25. The zero-order chi connectivity index (χ0) is 20.7. The number of fused-ring (bicyclic) bond motifs is 2. The molecule has 1 aromatic heterocycles. The smallest absolute Gasteiger partial charge is 0.284 e. The Hall–Kier alpha value is -2.16. The molecule has 6 nitrogen and oxygen atoms in total. The molecule has 9 heteroatoms. The van der Waals surface area contributed by atoms with Gasteiger partial charge in [-0.25, -0.2) is 0 Å². The first-order chi connectivity index (χ1) is 14.6. The number of aromatic nitrogens is 2. The van der Waals surface area contributed by atoms with Crippen LogP contribution in [0.4, 0.5) is 0 Å². The van der Waals surface area contributed by atoms with E-state index in [0.29, 0.717) is 16.8 Å². The lowest BCUT2D eigenvalue weighted by molar-refractivity contribution is 0.322. The van der Waals surface area contributed by atoms with E-state index >= 15 is 0 Å². The maximum atomic E-state index is 13.6. The van der Waals surface area contributed by atoms with E-state index in [0.717, 1.165) is 46.4 Å². The zero-order valence-corrected chi connectivity index (χ0v) is 19.8. The van der Waals surface area contributed by atoms with Crippen LogP contribution in [0.2, 0.25) is 0 Å². The van der Waals surface area contributed by atoms with Gasteiger partial charge in [0.25, 0.3) is 10.0 Å². The summed E-state index contributed by atoms with van der Waals surface area (Å²) in [6.07, 6.45) is 3.64. The van der Waals surface area contributed by atoms with Crippen LogP contribution in [-0.4, -0.2) is 30.7 Å². The predicted molar refractivity (Wildman–Crippen MR) is 133 cm³/mol. The van der Waals surface area contributed by atoms with Gasteiger partial charge in [-0.3, -0.25) is 0 Å². The monoisotopic (exact) mass is 492 g/mol. The van der Waals surface area contributed by atoms with E-state index in [1.54, 1.807) is 18.3 Å². The number of benzene rings is 3. The number of nitrogens with one attached hydrogen (secondary N) is 1. The van der Waals surface area contributed by atoms with E-state index in [9.17, 15) is 8.42 Å². The second-order valence-electron chi connectivity index (χ2n) is 7.90. The molecule has 170 valence electrons. The molecule has 0 amide bonds. The van der Waals surface area contributed by atoms with Crippen LogP contribution in [0.1, 0.15) is 24.4 Å². The summed E-state index contributed by atoms with van der Waals surface area (Å²) in [5.74, 6) is 0.384. The van der Waals surface area contributed by atoms with E-state index in [-0.39, 0.29) is 35.8 Å². The van der Waals surface area contributed by atoms with Crippen LogP contribution < -0.4 is 11.1 Å². The molecule has 1 unspecified atom stereocenters. The Morgan fingerprint density at radius 2 is 1.69 bits per heavy atom. The first kappa shape index (κ1) is 24.5. The van der Waals surface area contributed by atoms with Gasteiger partial charge < -0.3 is 11.1 Å². The molecule has 5 rings (SSSR count). The third-order valence-electron chi connectivity index (χ3n) is 6.09. The van der Waals surface area contributed by atoms with Crippen molar-refractivity contribution < 1.29 is 8.42 Å². The highest BCUT2D eigenvalue weighted by molar-refractivity contribution is 7.90. The van der Waals surface area contributed by atoms with Gasteiger partial charge in [0.05, 0.1) is 16.6 Å². The largest absolute Gasteiger partial charge is 0.324 e. The summed E-state index contributed by atoms with van der Waals surface area (Å²) in [4.78, 5) is 0.249. The van der Waals surface area contributed by atoms with E-state index in [2.05, 4.69) is 10.4 Å². The summed E-state index contributed by atoms with van der Waals surface area (Å²) < 4.78 is 28.3. The van der Waals surface area contributed by atoms with Crippen molar-refractivity contribution >= 4 is 56.5 Å². The summed E-state index contributed by atoms with van der Waals surface area (Å²) in [5.41, 5.74) is 8.08. The third-order valence-corrected chi connectivity index (χ3v) is 7.75. The summed E-state index contributed by atoms with van der Waals surface area (Å²) in [5, 5.41) is 9.94. The second-order valence-corrected chi connectivity index (χ2v) is 9.64. The van der Waals surface area contributed by atoms with E-state index in [1.165, 1.54) is 0 Å². The molecule has 4 aromatic rings. The number of halogens is 2. The molecule has 3 N–H and O–H groups in total. The van der Waals surface area contributed by atoms with Crippen molar-refractivity contribution in [2.75, 3.05) is 13.1 Å². The number of hydrogen-bond acceptors (Lipinski definition) is 5. The van der Waals surface area contributed by atoms with E-state index in [4.69, 9.17) is 5.73 Å². The van der Waals surface area contributed by atoms with Crippen LogP contribution >= 0.6 is 24.8 Å². The Bertz CT molecular complexity index is 1330. The third kappa shape index (κ3) is 4.23. The maximum Gasteiger partial charge on any atom is 0.284 e. The van der Waals surface area contributed by atoms with Crippen LogP contribution in [-0.2, 0) is 10.0 Å². The van der Waals surface area contributed by atoms with Gasteiger partial charge in [0.2, 0.25) is 0 Å². The quantitative estimate of drug-likeness (QED) is 0.443. The van der Waals surface area contributed by atoms with Crippen LogP contribution in [0, 0.1) is 5.92 Å². The summed E-state index contributed by atoms with van der Waals surface area (Å²) in [6, 6.07) is 18.4. The van der Waals surface area contributed by atoms with E-state index < -0.39 is 10.0 Å². The van der Waals surface area contributed by atoms with Crippen molar-refractivity contribution in [3.63, 3.8) is 0 Å². The average Bonchev–Trinajstić information content (AvgIpc) is 3.23. The van der Waals surface area contributed by atoms with Crippen molar-refractivity contribution in [2.45, 2.75) is 23.8 Å². The second kappa shape index (κ2) is 9.77. The van der Waals surface area contributed by atoms with Crippen molar-refractivity contribution in [3.8, 4) is 0 Å². The summed E-state index contributed by atoms with van der Waals surface area (Å²) >= 11 is 0. The van der Waals surface area contributed by atoms with Crippen LogP contribution in [0.5, 0.6) is 0 Å². The number of nitrogens with zero attached hydrogens (tertiary/aromatic N) is 2. The topological polar surface area (TPSA) is 90.0 Å². The molecule has 1 aliphatic heterocycles. The normalized spacial score (nSPS) is 15.8. The molecule has 0 aliphatic carbocycles. The predicted octanol–water partition coefficient (Wildman–Crippen LogP) is 4.27. The summed E-state index contributed by atoms with van der Waals surface area (Å²) in [6.45, 7) is 1.93. The fourth-order valence-electron chi connectivity index (χ4n) is 4.40. The number of rotatable bonds is 4. The van der Waals surface area contributed by atoms with Gasteiger partial charge in [-0.1, -0.05) is 48.5 Å². The van der Waals surface area contributed by atoms with Gasteiger partial charge in [0.1, 0.15) is 0 Å². The summed E-state index contributed by atoms with van der Waals surface area (Å²) in [7, 11) is -3.86. The van der Waals surface area contributed by atoms with Crippen LogP contribution in [0.15, 0.2) is 71.8 Å². The Morgan fingerprint density at radius 1 is 0.969 bits per heavy atom. The van der Waals surface area contributed by atoms with E-state index in [1.807, 2.05) is 48.5 Å². The van der Waals surface area contributed by atoms with Gasteiger partial charge in [0, 0.05) is 16.8 Å². The van der Waals surface area contributed by atoms with Crippen molar-refractivity contribution in [1.29, 1.82) is 0 Å². The number of piperidine rings is 1. The molecule has 1 atom stereocenters. The molecule has 32 heavy (non-hydrogen) atoms. The molecule has 0 radical (unpaired) electrons. The Balaban J connectivity index is 0.00000144. The molecular formula is C23H26Cl2N4O2S. The fourth-order valence-corrected chi connectivity index (χ4v) is 5.89. The van der Waals surface area contributed by atoms with Gasteiger partial charge in [-0.05, 0) is 54.9 Å². The van der Waals surface area contributed by atoms with Crippen LogP contribution in [0.25, 0.3) is 21.7 Å². The lowest BCUT2D eigenvalue weighted by Crippen LogP contribution is -2.33. The minimum absolute atomic E-state index is 0. The SMILES string of the molecule is Cl.Cl.NC(c1ccc2cnn(S(=O)(=O)c3cccc4ccccc34)c2c1)C1CCNCC1. The van der Waals surface area contributed by atoms with Gasteiger partial charge >= 0.3 is 0 Å².